The van der Waals surface area contributed by atoms with E-state index in [1.165, 1.54) is 0 Å². The molecule has 126 valence electrons. The quantitative estimate of drug-likeness (QED) is 0.900. The molecule has 1 atom stereocenters. The van der Waals surface area contributed by atoms with Gasteiger partial charge in [-0.2, -0.15) is 0 Å². The lowest BCUT2D eigenvalue weighted by atomic mass is 10.1. The second kappa shape index (κ2) is 7.05. The zero-order valence-corrected chi connectivity index (χ0v) is 14.0. The number of rotatable bonds is 5. The molecule has 0 aliphatic carbocycles. The maximum absolute atomic E-state index is 11.8. The van der Waals surface area contributed by atoms with Crippen molar-refractivity contribution in [2.45, 2.75) is 12.5 Å². The highest BCUT2D eigenvalue weighted by atomic mass is 32.2. The van der Waals surface area contributed by atoms with Crippen molar-refractivity contribution >= 4 is 15.7 Å². The fourth-order valence-corrected chi connectivity index (χ4v) is 4.37. The molecular formula is C18H19NO4S. The molecule has 0 radical (unpaired) electrons. The van der Waals surface area contributed by atoms with Gasteiger partial charge in [-0.1, -0.05) is 42.5 Å². The molecule has 0 unspecified atom stereocenters. The number of hydrogen-bond acceptors (Lipinski definition) is 4. The molecule has 1 heterocycles. The Morgan fingerprint density at radius 3 is 2.33 bits per heavy atom. The zero-order valence-electron chi connectivity index (χ0n) is 13.1. The van der Waals surface area contributed by atoms with E-state index in [2.05, 4.69) is 5.32 Å². The summed E-state index contributed by atoms with van der Waals surface area (Å²) in [5.41, 5.74) is 2.19. The Labute approximate surface area is 141 Å². The first-order chi connectivity index (χ1) is 11.5. The van der Waals surface area contributed by atoms with Crippen molar-refractivity contribution < 1.29 is 17.9 Å². The highest BCUT2D eigenvalue weighted by molar-refractivity contribution is 7.91. The van der Waals surface area contributed by atoms with Gasteiger partial charge in [0, 0.05) is 6.04 Å². The average molecular weight is 345 g/mol. The van der Waals surface area contributed by atoms with E-state index in [1.807, 2.05) is 54.6 Å². The smallest absolute Gasteiger partial charge is 0.258 e. The van der Waals surface area contributed by atoms with Gasteiger partial charge in [-0.25, -0.2) is 8.42 Å². The maximum atomic E-state index is 11.8. The number of carbonyl (C=O) groups excluding carboxylic acids is 1. The summed E-state index contributed by atoms with van der Waals surface area (Å²) in [4.78, 5) is 11.8. The Hall–Kier alpha value is -2.34. The minimum atomic E-state index is -2.99. The summed E-state index contributed by atoms with van der Waals surface area (Å²) in [5, 5.41) is 2.70. The topological polar surface area (TPSA) is 72.5 Å². The van der Waals surface area contributed by atoms with Crippen LogP contribution < -0.4 is 10.1 Å². The molecule has 1 fully saturated rings. The van der Waals surface area contributed by atoms with Crippen molar-refractivity contribution in [3.8, 4) is 16.9 Å². The Kier molecular flexibility index (Phi) is 4.85. The fourth-order valence-electron chi connectivity index (χ4n) is 2.70. The average Bonchev–Trinajstić information content (AvgIpc) is 2.93. The van der Waals surface area contributed by atoms with E-state index in [1.54, 1.807) is 0 Å². The molecule has 3 rings (SSSR count). The number of amides is 1. The van der Waals surface area contributed by atoms with Gasteiger partial charge in [-0.15, -0.1) is 0 Å². The fraction of sp³-hybridized carbons (Fsp3) is 0.278. The lowest BCUT2D eigenvalue weighted by Crippen LogP contribution is -2.38. The minimum absolute atomic E-state index is 0.0184. The first-order valence-corrected chi connectivity index (χ1v) is 9.62. The van der Waals surface area contributed by atoms with E-state index >= 15 is 0 Å². The number of ether oxygens (including phenoxy) is 1. The summed E-state index contributed by atoms with van der Waals surface area (Å²) < 4.78 is 28.2. The van der Waals surface area contributed by atoms with Gasteiger partial charge in [0.1, 0.15) is 5.75 Å². The molecule has 0 aromatic heterocycles. The SMILES string of the molecule is O=C(COc1ccc(-c2ccccc2)cc1)N[C@@H]1CCS(=O)(=O)C1. The molecule has 1 saturated heterocycles. The highest BCUT2D eigenvalue weighted by Gasteiger charge is 2.28. The summed E-state index contributed by atoms with van der Waals surface area (Å²) in [5.74, 6) is 0.456. The third-order valence-electron chi connectivity index (χ3n) is 3.93. The molecule has 0 saturated carbocycles. The van der Waals surface area contributed by atoms with Crippen LogP contribution in [-0.4, -0.2) is 38.5 Å². The standard InChI is InChI=1S/C18H19NO4S/c20-18(19-16-10-11-24(21,22)13-16)12-23-17-8-6-15(7-9-17)14-4-2-1-3-5-14/h1-9,16H,10-13H2,(H,19,20)/t16-/m1/s1. The van der Waals surface area contributed by atoms with Crippen LogP contribution in [0.1, 0.15) is 6.42 Å². The molecule has 2 aromatic rings. The minimum Gasteiger partial charge on any atom is -0.484 e. The lowest BCUT2D eigenvalue weighted by molar-refractivity contribution is -0.123. The van der Waals surface area contributed by atoms with E-state index in [9.17, 15) is 13.2 Å². The Balaban J connectivity index is 1.51. The lowest BCUT2D eigenvalue weighted by Gasteiger charge is -2.12. The van der Waals surface area contributed by atoms with Gasteiger partial charge in [-0.3, -0.25) is 4.79 Å². The first kappa shape index (κ1) is 16.5. The van der Waals surface area contributed by atoms with Gasteiger partial charge in [0.2, 0.25) is 0 Å². The number of carbonyl (C=O) groups is 1. The molecule has 24 heavy (non-hydrogen) atoms. The van der Waals surface area contributed by atoms with Crippen molar-refractivity contribution in [2.75, 3.05) is 18.1 Å². The van der Waals surface area contributed by atoms with Crippen LogP contribution >= 0.6 is 0 Å². The molecule has 0 spiro atoms. The van der Waals surface area contributed by atoms with Crippen LogP contribution in [0.15, 0.2) is 54.6 Å². The second-order valence-electron chi connectivity index (χ2n) is 5.85. The predicted molar refractivity (Wildman–Crippen MR) is 92.6 cm³/mol. The van der Waals surface area contributed by atoms with E-state index < -0.39 is 9.84 Å². The highest BCUT2D eigenvalue weighted by Crippen LogP contribution is 2.22. The van der Waals surface area contributed by atoms with Crippen LogP contribution in [0.4, 0.5) is 0 Å². The molecule has 6 heteroatoms. The molecule has 5 nitrogen and oxygen atoms in total. The maximum Gasteiger partial charge on any atom is 0.258 e. The third kappa shape index (κ3) is 4.35. The molecule has 1 aliphatic rings. The predicted octanol–water partition coefficient (Wildman–Crippen LogP) is 2.04. The Morgan fingerprint density at radius 2 is 1.71 bits per heavy atom. The molecule has 1 N–H and O–H groups in total. The summed E-state index contributed by atoms with van der Waals surface area (Å²) in [7, 11) is -2.99. The Morgan fingerprint density at radius 1 is 1.04 bits per heavy atom. The van der Waals surface area contributed by atoms with Gasteiger partial charge in [-0.05, 0) is 29.7 Å². The van der Waals surface area contributed by atoms with Gasteiger partial charge in [0.05, 0.1) is 11.5 Å². The molecular weight excluding hydrogens is 326 g/mol. The van der Waals surface area contributed by atoms with Gasteiger partial charge in [0.15, 0.2) is 16.4 Å². The first-order valence-electron chi connectivity index (χ1n) is 7.80. The monoisotopic (exact) mass is 345 g/mol. The van der Waals surface area contributed by atoms with Gasteiger partial charge in [0.25, 0.3) is 5.91 Å². The van der Waals surface area contributed by atoms with Crippen LogP contribution in [0.25, 0.3) is 11.1 Å². The number of hydrogen-bond donors (Lipinski definition) is 1. The van der Waals surface area contributed by atoms with Crippen LogP contribution in [0.5, 0.6) is 5.75 Å². The van der Waals surface area contributed by atoms with Gasteiger partial charge < -0.3 is 10.1 Å². The summed E-state index contributed by atoms with van der Waals surface area (Å²) in [6.45, 7) is -0.124. The normalized spacial score (nSPS) is 18.9. The van der Waals surface area contributed by atoms with Crippen LogP contribution in [0, 0.1) is 0 Å². The second-order valence-corrected chi connectivity index (χ2v) is 8.08. The van der Waals surface area contributed by atoms with E-state index in [0.29, 0.717) is 12.2 Å². The summed E-state index contributed by atoms with van der Waals surface area (Å²) in [6.07, 6.45) is 0.472. The largest absolute Gasteiger partial charge is 0.484 e. The zero-order chi connectivity index (χ0) is 17.0. The van der Waals surface area contributed by atoms with E-state index in [4.69, 9.17) is 4.74 Å². The molecule has 2 aromatic carbocycles. The summed E-state index contributed by atoms with van der Waals surface area (Å²) >= 11 is 0. The molecule has 0 bridgehead atoms. The van der Waals surface area contributed by atoms with Crippen LogP contribution in [0.3, 0.4) is 0 Å². The summed E-state index contributed by atoms with van der Waals surface area (Å²) in [6, 6.07) is 17.2. The van der Waals surface area contributed by atoms with Crippen LogP contribution in [0.2, 0.25) is 0 Å². The van der Waals surface area contributed by atoms with Crippen molar-refractivity contribution in [3.63, 3.8) is 0 Å². The number of sulfone groups is 1. The van der Waals surface area contributed by atoms with Crippen molar-refractivity contribution in [1.82, 2.24) is 5.32 Å². The number of nitrogens with one attached hydrogen (secondary N) is 1. The van der Waals surface area contributed by atoms with Crippen molar-refractivity contribution in [3.05, 3.63) is 54.6 Å². The van der Waals surface area contributed by atoms with Gasteiger partial charge >= 0.3 is 0 Å². The van der Waals surface area contributed by atoms with Crippen LogP contribution in [-0.2, 0) is 14.6 Å². The Bertz CT molecular complexity index is 801. The third-order valence-corrected chi connectivity index (χ3v) is 5.70. The van der Waals surface area contributed by atoms with E-state index in [-0.39, 0.29) is 30.1 Å². The van der Waals surface area contributed by atoms with Crippen molar-refractivity contribution in [1.29, 1.82) is 0 Å². The molecule has 1 amide bonds. The number of benzene rings is 2. The van der Waals surface area contributed by atoms with Crippen molar-refractivity contribution in [2.24, 2.45) is 0 Å². The van der Waals surface area contributed by atoms with E-state index in [0.717, 1.165) is 11.1 Å². The molecule has 1 aliphatic heterocycles.